The van der Waals surface area contributed by atoms with E-state index in [9.17, 15) is 17.8 Å². The van der Waals surface area contributed by atoms with E-state index >= 15 is 0 Å². The van der Waals surface area contributed by atoms with Crippen molar-refractivity contribution in [2.75, 3.05) is 17.3 Å². The molecule has 1 aromatic carbocycles. The van der Waals surface area contributed by atoms with Crippen LogP contribution >= 0.6 is 35.3 Å². The quantitative estimate of drug-likeness (QED) is 0.525. The molecule has 2 unspecified atom stereocenters. The number of hydrogen-bond donors (Lipinski definition) is 1. The summed E-state index contributed by atoms with van der Waals surface area (Å²) >= 11 is 4.41. The Morgan fingerprint density at radius 2 is 2.08 bits per heavy atom. The molecule has 0 aliphatic carbocycles. The molecule has 0 spiro atoms. The fraction of sp³-hybridized carbons (Fsp3) is 0.438. The zero-order valence-corrected chi connectivity index (χ0v) is 16.6. The highest BCUT2D eigenvalue weighted by Gasteiger charge is 2.46. The van der Waals surface area contributed by atoms with Crippen LogP contribution in [0.5, 0.6) is 0 Å². The summed E-state index contributed by atoms with van der Waals surface area (Å²) in [6.45, 7) is 5.35. The molecule has 1 fully saturated rings. The maximum absolute atomic E-state index is 12.1. The number of Topliss-reactive ketones (excluding diaryl/α,β-unsaturated/α-hetero) is 1. The number of hydrogen-bond acceptors (Lipinski definition) is 6. The van der Waals surface area contributed by atoms with Crippen LogP contribution in [0.4, 0.5) is 0 Å². The third kappa shape index (κ3) is 5.84. The monoisotopic (exact) mass is 404 g/mol. The summed E-state index contributed by atoms with van der Waals surface area (Å²) in [6.07, 6.45) is 0. The van der Waals surface area contributed by atoms with E-state index < -0.39 is 14.2 Å². The summed E-state index contributed by atoms with van der Waals surface area (Å²) in [5.74, 6) is 1.44. The molecule has 0 aromatic heterocycles. The van der Waals surface area contributed by atoms with Gasteiger partial charge in [0.25, 0.3) is 10.1 Å². The Kier molecular flexibility index (Phi) is 6.90. The molecule has 1 aliphatic rings. The van der Waals surface area contributed by atoms with Crippen molar-refractivity contribution in [1.82, 2.24) is 0 Å². The molecular weight excluding hydrogens is 384 g/mol. The van der Waals surface area contributed by atoms with E-state index in [1.54, 1.807) is 18.7 Å². The van der Waals surface area contributed by atoms with Crippen molar-refractivity contribution in [3.05, 3.63) is 48.0 Å². The number of rotatable bonds is 8. The van der Waals surface area contributed by atoms with Crippen molar-refractivity contribution in [3.8, 4) is 0 Å². The second-order valence-corrected chi connectivity index (χ2v) is 11.4. The highest BCUT2D eigenvalue weighted by molar-refractivity contribution is 8.23. The van der Waals surface area contributed by atoms with E-state index in [1.165, 1.54) is 23.5 Å². The van der Waals surface area contributed by atoms with Crippen LogP contribution in [0.3, 0.4) is 0 Å². The Balaban J connectivity index is 2.05. The first-order valence-corrected chi connectivity index (χ1v) is 11.9. The lowest BCUT2D eigenvalue weighted by Gasteiger charge is -2.26. The number of carbonyl (C=O) groups is 1. The number of allylic oxidation sites excluding steroid dienone is 1. The van der Waals surface area contributed by atoms with Gasteiger partial charge in [0.05, 0.1) is 9.33 Å². The lowest BCUT2D eigenvalue weighted by Crippen LogP contribution is -2.32. The number of thioether (sulfide) groups is 3. The SMILES string of the molecule is C=C(C)C(=O)C1CSC(CSCc2ccccc2)(CS(=O)(=O)O)S1. The van der Waals surface area contributed by atoms with Crippen LogP contribution in [0.2, 0.25) is 0 Å². The summed E-state index contributed by atoms with van der Waals surface area (Å²) in [5.41, 5.74) is 1.64. The largest absolute Gasteiger partial charge is 0.293 e. The summed E-state index contributed by atoms with van der Waals surface area (Å²) in [4.78, 5) is 12.1. The molecule has 1 N–H and O–H groups in total. The van der Waals surface area contributed by atoms with Crippen molar-refractivity contribution < 1.29 is 17.8 Å². The van der Waals surface area contributed by atoms with E-state index in [0.717, 1.165) is 11.3 Å². The standard InChI is InChI=1S/C16H20O4S4/c1-12(2)15(17)14-9-22-16(23-14,11-24(18,19)20)10-21-8-13-6-4-3-5-7-13/h3-7,14H,1,8-11H2,2H3,(H,18,19,20). The maximum atomic E-state index is 12.1. The van der Waals surface area contributed by atoms with E-state index in [4.69, 9.17) is 0 Å². The normalized spacial score (nSPS) is 24.0. The third-order valence-electron chi connectivity index (χ3n) is 3.40. The molecule has 0 radical (unpaired) electrons. The molecule has 1 aromatic rings. The molecule has 1 heterocycles. The summed E-state index contributed by atoms with van der Waals surface area (Å²) in [5, 5.41) is -0.299. The molecule has 4 nitrogen and oxygen atoms in total. The molecule has 1 aliphatic heterocycles. The van der Waals surface area contributed by atoms with Crippen LogP contribution < -0.4 is 0 Å². The number of benzene rings is 1. The highest BCUT2D eigenvalue weighted by Crippen LogP contribution is 2.51. The van der Waals surface area contributed by atoms with E-state index in [1.807, 2.05) is 30.3 Å². The average molecular weight is 405 g/mol. The van der Waals surface area contributed by atoms with Crippen LogP contribution in [0.25, 0.3) is 0 Å². The molecule has 24 heavy (non-hydrogen) atoms. The second-order valence-electron chi connectivity index (χ2n) is 5.68. The van der Waals surface area contributed by atoms with Crippen LogP contribution in [0, 0.1) is 0 Å². The Hall–Kier alpha value is -0.410. The van der Waals surface area contributed by atoms with Gasteiger partial charge in [-0.15, -0.1) is 23.5 Å². The smallest absolute Gasteiger partial charge is 0.267 e. The first-order valence-electron chi connectivity index (χ1n) is 7.29. The molecular formula is C16H20O4S4. The first kappa shape index (κ1) is 19.9. The van der Waals surface area contributed by atoms with Crippen molar-refractivity contribution >= 4 is 51.2 Å². The average Bonchev–Trinajstić information content (AvgIpc) is 2.89. The zero-order chi connectivity index (χ0) is 17.8. The maximum Gasteiger partial charge on any atom is 0.267 e. The second kappa shape index (κ2) is 8.31. The van der Waals surface area contributed by atoms with Crippen molar-refractivity contribution in [2.24, 2.45) is 0 Å². The van der Waals surface area contributed by atoms with Crippen LogP contribution in [-0.2, 0) is 20.7 Å². The van der Waals surface area contributed by atoms with Crippen LogP contribution in [-0.4, -0.2) is 45.3 Å². The van der Waals surface area contributed by atoms with Gasteiger partial charge in [-0.1, -0.05) is 36.9 Å². The number of carbonyl (C=O) groups excluding carboxylic acids is 1. The Morgan fingerprint density at radius 3 is 2.67 bits per heavy atom. The van der Waals surface area contributed by atoms with Crippen molar-refractivity contribution in [2.45, 2.75) is 22.0 Å². The van der Waals surface area contributed by atoms with E-state index in [-0.39, 0.29) is 16.8 Å². The minimum atomic E-state index is -4.12. The molecule has 0 saturated carbocycles. The fourth-order valence-corrected chi connectivity index (χ4v) is 9.40. The molecule has 0 amide bonds. The molecule has 2 atom stereocenters. The van der Waals surface area contributed by atoms with Crippen LogP contribution in [0.15, 0.2) is 42.5 Å². The minimum Gasteiger partial charge on any atom is -0.293 e. The van der Waals surface area contributed by atoms with Gasteiger partial charge in [0, 0.05) is 17.3 Å². The Labute approximate surface area is 156 Å². The molecule has 132 valence electrons. The fourth-order valence-electron chi connectivity index (χ4n) is 2.33. The predicted octanol–water partition coefficient (Wildman–Crippen LogP) is 3.50. The van der Waals surface area contributed by atoms with Gasteiger partial charge in [0.1, 0.15) is 5.75 Å². The third-order valence-corrected chi connectivity index (χ3v) is 9.78. The van der Waals surface area contributed by atoms with Gasteiger partial charge in [0.15, 0.2) is 5.78 Å². The molecule has 1 saturated heterocycles. The molecule has 8 heteroatoms. The van der Waals surface area contributed by atoms with Gasteiger partial charge in [-0.3, -0.25) is 9.35 Å². The van der Waals surface area contributed by atoms with E-state index in [2.05, 4.69) is 6.58 Å². The van der Waals surface area contributed by atoms with Gasteiger partial charge in [0.2, 0.25) is 0 Å². The zero-order valence-electron chi connectivity index (χ0n) is 13.3. The lowest BCUT2D eigenvalue weighted by molar-refractivity contribution is -0.114. The Bertz CT molecular complexity index is 702. The van der Waals surface area contributed by atoms with Gasteiger partial charge in [-0.25, -0.2) is 0 Å². The Morgan fingerprint density at radius 1 is 1.42 bits per heavy atom. The topological polar surface area (TPSA) is 71.4 Å². The van der Waals surface area contributed by atoms with Crippen molar-refractivity contribution in [3.63, 3.8) is 0 Å². The van der Waals surface area contributed by atoms with Gasteiger partial charge in [-0.05, 0) is 18.1 Å². The van der Waals surface area contributed by atoms with Gasteiger partial charge >= 0.3 is 0 Å². The van der Waals surface area contributed by atoms with Gasteiger partial charge in [-0.2, -0.15) is 20.2 Å². The van der Waals surface area contributed by atoms with Crippen molar-refractivity contribution in [1.29, 1.82) is 0 Å². The molecule has 2 rings (SSSR count). The summed E-state index contributed by atoms with van der Waals surface area (Å²) < 4.78 is 31.5. The van der Waals surface area contributed by atoms with E-state index in [0.29, 0.717) is 17.1 Å². The highest BCUT2D eigenvalue weighted by atomic mass is 32.2. The van der Waals surface area contributed by atoms with Gasteiger partial charge < -0.3 is 0 Å². The minimum absolute atomic E-state index is 0.0437. The lowest BCUT2D eigenvalue weighted by atomic mass is 10.2. The summed E-state index contributed by atoms with van der Waals surface area (Å²) in [6, 6.07) is 9.91. The summed E-state index contributed by atoms with van der Waals surface area (Å²) in [7, 11) is -4.12. The predicted molar refractivity (Wildman–Crippen MR) is 105 cm³/mol. The van der Waals surface area contributed by atoms with Crippen LogP contribution in [0.1, 0.15) is 12.5 Å². The first-order chi connectivity index (χ1) is 11.2. The molecule has 0 bridgehead atoms. The number of ketones is 1.